The lowest BCUT2D eigenvalue weighted by Gasteiger charge is -2.37. The van der Waals surface area contributed by atoms with Crippen molar-refractivity contribution in [3.63, 3.8) is 0 Å². The number of nitrogens with one attached hydrogen (secondary N) is 1. The molecule has 1 aliphatic carbocycles. The van der Waals surface area contributed by atoms with Gasteiger partial charge in [0.25, 0.3) is 5.91 Å². The molecule has 1 atom stereocenters. The Kier molecular flexibility index (Phi) is 3.97. The summed E-state index contributed by atoms with van der Waals surface area (Å²) in [5.74, 6) is 0.347. The van der Waals surface area contributed by atoms with Crippen LogP contribution in [-0.2, 0) is 0 Å². The molecule has 1 heterocycles. The van der Waals surface area contributed by atoms with Crippen LogP contribution in [0.3, 0.4) is 0 Å². The van der Waals surface area contributed by atoms with E-state index in [4.69, 9.17) is 0 Å². The minimum Gasteiger partial charge on any atom is -0.393 e. The Hall–Kier alpha value is -1.42. The molecular weight excluding hydrogens is 228 g/mol. The molecule has 1 aliphatic rings. The molecule has 1 aromatic heterocycles. The number of aryl methyl sites for hydroxylation is 1. The van der Waals surface area contributed by atoms with Gasteiger partial charge in [-0.3, -0.25) is 9.78 Å². The standard InChI is InChI=1S/C14H20N2O2/c1-3-13(10-7-11(17)8-10)16-14(18)12-5-4-6-15-9(12)2/h4-6,10-11,13,17H,3,7-8H2,1-2H3,(H,16,18)/t10?,11?,13-/m0/s1. The van der Waals surface area contributed by atoms with E-state index in [2.05, 4.69) is 17.2 Å². The third-order valence-corrected chi connectivity index (χ3v) is 3.73. The molecule has 0 saturated heterocycles. The van der Waals surface area contributed by atoms with E-state index in [9.17, 15) is 9.90 Å². The van der Waals surface area contributed by atoms with Gasteiger partial charge in [0.2, 0.25) is 0 Å². The van der Waals surface area contributed by atoms with E-state index in [1.54, 1.807) is 18.3 Å². The van der Waals surface area contributed by atoms with Crippen LogP contribution in [-0.4, -0.2) is 28.1 Å². The highest BCUT2D eigenvalue weighted by Gasteiger charge is 2.33. The van der Waals surface area contributed by atoms with Gasteiger partial charge < -0.3 is 10.4 Å². The number of amides is 1. The van der Waals surface area contributed by atoms with Crippen LogP contribution in [0.4, 0.5) is 0 Å². The number of carbonyl (C=O) groups is 1. The number of hydrogen-bond donors (Lipinski definition) is 2. The summed E-state index contributed by atoms with van der Waals surface area (Å²) in [6.07, 6.45) is 3.99. The van der Waals surface area contributed by atoms with Gasteiger partial charge in [-0.05, 0) is 44.2 Å². The second kappa shape index (κ2) is 5.48. The maximum Gasteiger partial charge on any atom is 0.253 e. The summed E-state index contributed by atoms with van der Waals surface area (Å²) in [5.41, 5.74) is 1.38. The van der Waals surface area contributed by atoms with Crippen molar-refractivity contribution in [1.82, 2.24) is 10.3 Å². The zero-order valence-corrected chi connectivity index (χ0v) is 10.9. The maximum absolute atomic E-state index is 12.1. The van der Waals surface area contributed by atoms with Gasteiger partial charge in [-0.15, -0.1) is 0 Å². The fourth-order valence-corrected chi connectivity index (χ4v) is 2.48. The zero-order valence-electron chi connectivity index (χ0n) is 10.9. The number of carbonyl (C=O) groups excluding carboxylic acids is 1. The van der Waals surface area contributed by atoms with Crippen LogP contribution in [0.5, 0.6) is 0 Å². The summed E-state index contributed by atoms with van der Waals surface area (Å²) in [7, 11) is 0. The molecule has 0 bridgehead atoms. The third-order valence-electron chi connectivity index (χ3n) is 3.73. The normalized spacial score (nSPS) is 24.2. The third kappa shape index (κ3) is 2.70. The van der Waals surface area contributed by atoms with Gasteiger partial charge in [-0.1, -0.05) is 6.92 Å². The average Bonchev–Trinajstić information content (AvgIpc) is 2.33. The Labute approximate surface area is 107 Å². The van der Waals surface area contributed by atoms with Crippen molar-refractivity contribution in [2.24, 2.45) is 5.92 Å². The molecule has 0 aliphatic heterocycles. The fraction of sp³-hybridized carbons (Fsp3) is 0.571. The fourth-order valence-electron chi connectivity index (χ4n) is 2.48. The molecule has 1 aromatic rings. The summed E-state index contributed by atoms with van der Waals surface area (Å²) in [6.45, 7) is 3.90. The number of nitrogens with zero attached hydrogens (tertiary/aromatic N) is 1. The van der Waals surface area contributed by atoms with Gasteiger partial charge in [-0.2, -0.15) is 0 Å². The first-order valence-corrected chi connectivity index (χ1v) is 6.52. The minimum absolute atomic E-state index is 0.0613. The second-order valence-electron chi connectivity index (χ2n) is 5.01. The molecule has 1 saturated carbocycles. The Morgan fingerprint density at radius 3 is 2.89 bits per heavy atom. The number of aliphatic hydroxyl groups is 1. The van der Waals surface area contributed by atoms with Crippen LogP contribution in [0.25, 0.3) is 0 Å². The van der Waals surface area contributed by atoms with E-state index in [1.807, 2.05) is 6.92 Å². The number of pyridine rings is 1. The molecule has 4 heteroatoms. The number of aliphatic hydroxyl groups excluding tert-OH is 1. The monoisotopic (exact) mass is 248 g/mol. The average molecular weight is 248 g/mol. The number of hydrogen-bond acceptors (Lipinski definition) is 3. The smallest absolute Gasteiger partial charge is 0.253 e. The van der Waals surface area contributed by atoms with Crippen molar-refractivity contribution >= 4 is 5.91 Å². The largest absolute Gasteiger partial charge is 0.393 e. The molecule has 1 fully saturated rings. The molecule has 0 aromatic carbocycles. The molecule has 2 N–H and O–H groups in total. The predicted molar refractivity (Wildman–Crippen MR) is 69.3 cm³/mol. The van der Waals surface area contributed by atoms with E-state index in [0.29, 0.717) is 11.5 Å². The molecule has 98 valence electrons. The van der Waals surface area contributed by atoms with Crippen molar-refractivity contribution in [2.45, 2.75) is 45.3 Å². The zero-order chi connectivity index (χ0) is 13.1. The lowest BCUT2D eigenvalue weighted by molar-refractivity contribution is 0.0232. The van der Waals surface area contributed by atoms with Crippen LogP contribution in [0.1, 0.15) is 42.2 Å². The lowest BCUT2D eigenvalue weighted by Crippen LogP contribution is -2.46. The Bertz CT molecular complexity index is 428. The highest BCUT2D eigenvalue weighted by atomic mass is 16.3. The molecule has 0 radical (unpaired) electrons. The second-order valence-corrected chi connectivity index (χ2v) is 5.01. The first-order chi connectivity index (χ1) is 8.61. The van der Waals surface area contributed by atoms with Gasteiger partial charge in [0.1, 0.15) is 0 Å². The highest BCUT2D eigenvalue weighted by Crippen LogP contribution is 2.31. The van der Waals surface area contributed by atoms with Crippen LogP contribution < -0.4 is 5.32 Å². The van der Waals surface area contributed by atoms with E-state index < -0.39 is 0 Å². The number of aromatic nitrogens is 1. The van der Waals surface area contributed by atoms with Crippen LogP contribution >= 0.6 is 0 Å². The van der Waals surface area contributed by atoms with Gasteiger partial charge >= 0.3 is 0 Å². The highest BCUT2D eigenvalue weighted by molar-refractivity contribution is 5.95. The van der Waals surface area contributed by atoms with Gasteiger partial charge in [0.05, 0.1) is 11.7 Å². The van der Waals surface area contributed by atoms with E-state index in [-0.39, 0.29) is 18.1 Å². The van der Waals surface area contributed by atoms with Gasteiger partial charge in [-0.25, -0.2) is 0 Å². The van der Waals surface area contributed by atoms with E-state index >= 15 is 0 Å². The van der Waals surface area contributed by atoms with E-state index in [0.717, 1.165) is 25.0 Å². The predicted octanol–water partition coefficient (Wildman–Crippen LogP) is 1.67. The molecule has 4 nitrogen and oxygen atoms in total. The van der Waals surface area contributed by atoms with Crippen molar-refractivity contribution in [3.8, 4) is 0 Å². The topological polar surface area (TPSA) is 62.2 Å². The molecule has 0 unspecified atom stereocenters. The van der Waals surface area contributed by atoms with Crippen molar-refractivity contribution < 1.29 is 9.90 Å². The summed E-state index contributed by atoms with van der Waals surface area (Å²) in [5, 5.41) is 12.4. The summed E-state index contributed by atoms with van der Waals surface area (Å²) in [4.78, 5) is 16.3. The van der Waals surface area contributed by atoms with E-state index in [1.165, 1.54) is 0 Å². The van der Waals surface area contributed by atoms with Crippen LogP contribution in [0.2, 0.25) is 0 Å². The van der Waals surface area contributed by atoms with Crippen LogP contribution in [0, 0.1) is 12.8 Å². The van der Waals surface area contributed by atoms with Crippen molar-refractivity contribution in [1.29, 1.82) is 0 Å². The summed E-state index contributed by atoms with van der Waals surface area (Å²) in [6, 6.07) is 3.72. The van der Waals surface area contributed by atoms with Crippen LogP contribution in [0.15, 0.2) is 18.3 Å². The maximum atomic E-state index is 12.1. The van der Waals surface area contributed by atoms with Crippen molar-refractivity contribution in [3.05, 3.63) is 29.6 Å². The van der Waals surface area contributed by atoms with Crippen molar-refractivity contribution in [2.75, 3.05) is 0 Å². The summed E-state index contributed by atoms with van der Waals surface area (Å²) < 4.78 is 0. The summed E-state index contributed by atoms with van der Waals surface area (Å²) >= 11 is 0. The SMILES string of the molecule is CC[C@H](NC(=O)c1cccnc1C)C1CC(O)C1. The molecular formula is C14H20N2O2. The number of rotatable bonds is 4. The molecule has 18 heavy (non-hydrogen) atoms. The first-order valence-electron chi connectivity index (χ1n) is 6.52. The molecule has 0 spiro atoms. The molecule has 2 rings (SSSR count). The Morgan fingerprint density at radius 1 is 1.61 bits per heavy atom. The van der Waals surface area contributed by atoms with Gasteiger partial charge in [0.15, 0.2) is 0 Å². The van der Waals surface area contributed by atoms with Gasteiger partial charge in [0, 0.05) is 17.9 Å². The Balaban J connectivity index is 2.00. The quantitative estimate of drug-likeness (QED) is 0.852. The first kappa shape index (κ1) is 13.0. The minimum atomic E-state index is -0.180. The Morgan fingerprint density at radius 2 is 2.33 bits per heavy atom. The molecule has 1 amide bonds. The lowest BCUT2D eigenvalue weighted by atomic mass is 9.76.